The van der Waals surface area contributed by atoms with Crippen LogP contribution in [0.25, 0.3) is 0 Å². The second-order valence-corrected chi connectivity index (χ2v) is 9.41. The number of thiazole rings is 1. The third-order valence-electron chi connectivity index (χ3n) is 4.78. The maximum atomic E-state index is 13.1. The van der Waals surface area contributed by atoms with Gasteiger partial charge in [0.25, 0.3) is 11.8 Å². The quantitative estimate of drug-likeness (QED) is 0.0849. The number of nitrogens with one attached hydrogen (secondary N) is 1. The van der Waals surface area contributed by atoms with Crippen LogP contribution >= 0.6 is 23.1 Å². The van der Waals surface area contributed by atoms with E-state index in [2.05, 4.69) is 22.0 Å². The molecule has 1 aromatic heterocycles. The van der Waals surface area contributed by atoms with Crippen molar-refractivity contribution in [3.63, 3.8) is 0 Å². The van der Waals surface area contributed by atoms with Crippen LogP contribution in [0, 0.1) is 0 Å². The highest BCUT2D eigenvalue weighted by atomic mass is 32.2. The third-order valence-corrected chi connectivity index (χ3v) is 6.75. The van der Waals surface area contributed by atoms with Gasteiger partial charge in [-0.3, -0.25) is 19.3 Å². The summed E-state index contributed by atoms with van der Waals surface area (Å²) >= 11 is 2.49. The van der Waals surface area contributed by atoms with Gasteiger partial charge in [0, 0.05) is 25.0 Å². The maximum absolute atomic E-state index is 13.1. The summed E-state index contributed by atoms with van der Waals surface area (Å²) in [5.74, 6) is -2.27. The Balaban J connectivity index is 1.80. The standard InChI is InChI=1S/C22H25N5O7S2/c1-5-7-13-9-35-20-16(19(30)27(20)17(13)21(31)34-12(4)33-11(3)28)25-18(29)15(26-32-8-6-2)14-10-36-22(23)24-14/h5-7,10,12,16,20H,2,8-9H2,1,3-4H3,(H2,23,24)(H,25,29)/b7-5-,26-15-/t12?,16-,20-/m1/s1. The van der Waals surface area contributed by atoms with Crippen molar-refractivity contribution in [2.75, 3.05) is 18.1 Å². The number of carbonyl (C=O) groups excluding carboxylic acids is 4. The van der Waals surface area contributed by atoms with E-state index in [1.165, 1.54) is 36.6 Å². The SMILES string of the molecule is C=CCO/N=C(\C(=O)N[C@@H]1C(=O)N2C(C(=O)OC(C)OC(C)=O)=C(/C=C\C)CS[C@H]12)c1csc(N)n1. The fourth-order valence-corrected chi connectivity index (χ4v) is 5.26. The average Bonchev–Trinajstić information content (AvgIpc) is 3.25. The molecule has 12 nitrogen and oxygen atoms in total. The van der Waals surface area contributed by atoms with Gasteiger partial charge in [0.05, 0.1) is 0 Å². The molecule has 0 radical (unpaired) electrons. The molecule has 1 unspecified atom stereocenters. The van der Waals surface area contributed by atoms with E-state index in [0.29, 0.717) is 11.3 Å². The van der Waals surface area contributed by atoms with Crippen molar-refractivity contribution in [2.45, 2.75) is 38.5 Å². The molecule has 192 valence electrons. The van der Waals surface area contributed by atoms with E-state index in [1.807, 2.05) is 0 Å². The van der Waals surface area contributed by atoms with Crippen LogP contribution in [0.1, 0.15) is 26.5 Å². The zero-order chi connectivity index (χ0) is 26.4. The van der Waals surface area contributed by atoms with Crippen LogP contribution in [0.4, 0.5) is 5.13 Å². The lowest BCUT2D eigenvalue weighted by Crippen LogP contribution is -2.71. The molecule has 2 aliphatic rings. The van der Waals surface area contributed by atoms with Crippen molar-refractivity contribution >= 4 is 57.7 Å². The number of oxime groups is 1. The zero-order valence-corrected chi connectivity index (χ0v) is 21.4. The van der Waals surface area contributed by atoms with E-state index < -0.39 is 41.5 Å². The molecule has 3 rings (SSSR count). The van der Waals surface area contributed by atoms with Crippen LogP contribution < -0.4 is 11.1 Å². The summed E-state index contributed by atoms with van der Waals surface area (Å²) in [5, 5.41) is 7.68. The zero-order valence-electron chi connectivity index (χ0n) is 19.8. The van der Waals surface area contributed by atoms with Crippen LogP contribution in [0.2, 0.25) is 0 Å². The molecule has 0 saturated carbocycles. The summed E-state index contributed by atoms with van der Waals surface area (Å²) in [6, 6.07) is -0.941. The lowest BCUT2D eigenvalue weighted by Gasteiger charge is -2.49. The van der Waals surface area contributed by atoms with Gasteiger partial charge in [-0.25, -0.2) is 9.78 Å². The van der Waals surface area contributed by atoms with Gasteiger partial charge in [0.1, 0.15) is 29.4 Å². The number of aromatic nitrogens is 1. The number of ether oxygens (including phenoxy) is 2. The Kier molecular flexibility index (Phi) is 8.88. The number of thioether (sulfide) groups is 1. The number of hydrogen-bond acceptors (Lipinski definition) is 12. The van der Waals surface area contributed by atoms with E-state index in [1.54, 1.807) is 24.5 Å². The first-order valence-corrected chi connectivity index (χ1v) is 12.6. The Labute approximate surface area is 215 Å². The van der Waals surface area contributed by atoms with Crippen LogP contribution in [0.5, 0.6) is 0 Å². The maximum Gasteiger partial charge on any atom is 0.358 e. The Morgan fingerprint density at radius 1 is 1.42 bits per heavy atom. The predicted molar refractivity (Wildman–Crippen MR) is 133 cm³/mol. The van der Waals surface area contributed by atoms with Crippen molar-refractivity contribution in [1.82, 2.24) is 15.2 Å². The molecule has 1 aromatic rings. The van der Waals surface area contributed by atoms with Crippen LogP contribution in [0.15, 0.2) is 46.6 Å². The molecule has 3 atom stereocenters. The van der Waals surface area contributed by atoms with E-state index in [9.17, 15) is 19.2 Å². The van der Waals surface area contributed by atoms with Crippen LogP contribution in [-0.2, 0) is 33.5 Å². The number of hydrogen-bond donors (Lipinski definition) is 2. The fraction of sp³-hybridized carbons (Fsp3) is 0.364. The summed E-state index contributed by atoms with van der Waals surface area (Å²) in [6.07, 6.45) is 3.74. The van der Waals surface area contributed by atoms with E-state index in [-0.39, 0.29) is 28.8 Å². The minimum absolute atomic E-state index is 0.0295. The molecule has 0 aliphatic carbocycles. The molecule has 2 amide bonds. The van der Waals surface area contributed by atoms with Gasteiger partial charge in [-0.15, -0.1) is 23.1 Å². The number of β-lactam (4-membered cyclic amide) rings is 1. The number of fused-ring (bicyclic) bond motifs is 1. The van der Waals surface area contributed by atoms with Crippen LogP contribution in [-0.4, -0.2) is 69.4 Å². The normalized spacial score (nSPS) is 20.4. The Morgan fingerprint density at radius 3 is 2.78 bits per heavy atom. The predicted octanol–water partition coefficient (Wildman–Crippen LogP) is 1.31. The molecule has 0 bridgehead atoms. The number of nitrogens with zero attached hydrogens (tertiary/aromatic N) is 3. The second kappa shape index (κ2) is 11.9. The number of carbonyl (C=O) groups is 4. The molecular weight excluding hydrogens is 510 g/mol. The number of nitrogen functional groups attached to an aromatic ring is 1. The molecule has 2 aliphatic heterocycles. The lowest BCUT2D eigenvalue weighted by atomic mass is 10.0. The van der Waals surface area contributed by atoms with Gasteiger partial charge in [-0.05, 0) is 12.5 Å². The second-order valence-electron chi connectivity index (χ2n) is 7.41. The number of anilines is 1. The van der Waals surface area contributed by atoms with Crippen LogP contribution in [0.3, 0.4) is 0 Å². The smallest absolute Gasteiger partial charge is 0.358 e. The van der Waals surface area contributed by atoms with Gasteiger partial charge < -0.3 is 25.4 Å². The minimum Gasteiger partial charge on any atom is -0.426 e. The Morgan fingerprint density at radius 2 is 2.17 bits per heavy atom. The number of nitrogens with two attached hydrogens (primary N) is 1. The highest BCUT2D eigenvalue weighted by Crippen LogP contribution is 2.41. The first-order valence-electron chi connectivity index (χ1n) is 10.7. The number of esters is 2. The van der Waals surface area contributed by atoms with Crippen molar-refractivity contribution in [3.8, 4) is 0 Å². The topological polar surface area (TPSA) is 163 Å². The largest absolute Gasteiger partial charge is 0.426 e. The summed E-state index contributed by atoms with van der Waals surface area (Å²) in [4.78, 5) is 60.6. The van der Waals surface area contributed by atoms with Crippen molar-refractivity contribution in [1.29, 1.82) is 0 Å². The molecule has 0 aromatic carbocycles. The number of allylic oxidation sites excluding steroid dienone is 2. The van der Waals surface area contributed by atoms with Gasteiger partial charge in [0.2, 0.25) is 6.29 Å². The fourth-order valence-electron chi connectivity index (χ4n) is 3.39. The molecular formula is C22H25N5O7S2. The lowest BCUT2D eigenvalue weighted by molar-refractivity contribution is -0.182. The summed E-state index contributed by atoms with van der Waals surface area (Å²) in [7, 11) is 0. The first-order chi connectivity index (χ1) is 17.2. The minimum atomic E-state index is -1.14. The summed E-state index contributed by atoms with van der Waals surface area (Å²) in [6.45, 7) is 7.94. The monoisotopic (exact) mass is 535 g/mol. The van der Waals surface area contributed by atoms with Gasteiger partial charge >= 0.3 is 11.9 Å². The van der Waals surface area contributed by atoms with Gasteiger partial charge in [-0.1, -0.05) is 30.0 Å². The van der Waals surface area contributed by atoms with Crippen molar-refractivity contribution < 1.29 is 33.5 Å². The Hall–Kier alpha value is -3.65. The van der Waals surface area contributed by atoms with Crippen molar-refractivity contribution in [3.05, 3.63) is 47.2 Å². The molecule has 1 saturated heterocycles. The van der Waals surface area contributed by atoms with E-state index in [0.717, 1.165) is 11.3 Å². The summed E-state index contributed by atoms with van der Waals surface area (Å²) in [5.41, 5.74) is 6.31. The van der Waals surface area contributed by atoms with E-state index in [4.69, 9.17) is 20.0 Å². The molecule has 14 heteroatoms. The van der Waals surface area contributed by atoms with E-state index >= 15 is 0 Å². The van der Waals surface area contributed by atoms with Gasteiger partial charge in [-0.2, -0.15) is 0 Å². The first kappa shape index (κ1) is 26.9. The summed E-state index contributed by atoms with van der Waals surface area (Å²) < 4.78 is 10.1. The molecule has 36 heavy (non-hydrogen) atoms. The average molecular weight is 536 g/mol. The molecule has 3 N–H and O–H groups in total. The molecule has 3 heterocycles. The highest BCUT2D eigenvalue weighted by Gasteiger charge is 2.54. The molecule has 0 spiro atoms. The third kappa shape index (κ3) is 5.94. The van der Waals surface area contributed by atoms with Crippen molar-refractivity contribution in [2.24, 2.45) is 5.16 Å². The highest BCUT2D eigenvalue weighted by molar-refractivity contribution is 8.00. The Bertz CT molecular complexity index is 1160. The number of amides is 2. The molecule has 1 fully saturated rings. The number of rotatable bonds is 10. The van der Waals surface area contributed by atoms with Gasteiger partial charge in [0.15, 0.2) is 10.8 Å².